The van der Waals surface area contributed by atoms with Crippen molar-refractivity contribution in [1.29, 1.82) is 0 Å². The number of aryl methyl sites for hydroxylation is 1. The van der Waals surface area contributed by atoms with Crippen LogP contribution in [0.4, 0.5) is 8.78 Å². The highest BCUT2D eigenvalue weighted by atomic mass is 19.3. The van der Waals surface area contributed by atoms with E-state index in [1.54, 1.807) is 10.7 Å². The standard InChI is InChI=1S/C14H16F2N2O/c1-10-8-11-2-3-13(9-18(11)17-10)19-12-4-6-14(15,16)7-5-12/h2-3,8-9,12H,4-7H2,1H3. The minimum absolute atomic E-state index is 0.0826. The van der Waals surface area contributed by atoms with Crippen LogP contribution in [0.5, 0.6) is 5.75 Å². The van der Waals surface area contributed by atoms with E-state index in [1.807, 2.05) is 25.1 Å². The van der Waals surface area contributed by atoms with E-state index in [0.29, 0.717) is 18.6 Å². The molecule has 19 heavy (non-hydrogen) atoms. The first-order valence-corrected chi connectivity index (χ1v) is 6.52. The van der Waals surface area contributed by atoms with Crippen molar-refractivity contribution in [2.45, 2.75) is 44.6 Å². The molecule has 2 heterocycles. The van der Waals surface area contributed by atoms with E-state index in [4.69, 9.17) is 4.74 Å². The lowest BCUT2D eigenvalue weighted by Crippen LogP contribution is -2.30. The highest BCUT2D eigenvalue weighted by Crippen LogP contribution is 2.34. The van der Waals surface area contributed by atoms with Crippen molar-refractivity contribution in [1.82, 2.24) is 9.61 Å². The number of nitrogens with zero attached hydrogens (tertiary/aromatic N) is 2. The van der Waals surface area contributed by atoms with Crippen molar-refractivity contribution in [3.63, 3.8) is 0 Å². The van der Waals surface area contributed by atoms with Gasteiger partial charge in [-0.25, -0.2) is 13.3 Å². The monoisotopic (exact) mass is 266 g/mol. The van der Waals surface area contributed by atoms with E-state index in [1.165, 1.54) is 0 Å². The number of halogens is 2. The van der Waals surface area contributed by atoms with Gasteiger partial charge in [-0.05, 0) is 38.0 Å². The number of hydrogen-bond donors (Lipinski definition) is 0. The second-order valence-corrected chi connectivity index (χ2v) is 5.19. The van der Waals surface area contributed by atoms with Crippen LogP contribution in [-0.4, -0.2) is 21.6 Å². The van der Waals surface area contributed by atoms with E-state index < -0.39 is 5.92 Å². The number of ether oxygens (including phenoxy) is 1. The molecule has 0 atom stereocenters. The van der Waals surface area contributed by atoms with Crippen molar-refractivity contribution in [2.75, 3.05) is 0 Å². The lowest BCUT2D eigenvalue weighted by atomic mass is 9.94. The fraction of sp³-hybridized carbons (Fsp3) is 0.500. The third kappa shape index (κ3) is 2.69. The zero-order valence-corrected chi connectivity index (χ0v) is 10.8. The maximum atomic E-state index is 13.1. The number of alkyl halides is 2. The van der Waals surface area contributed by atoms with Gasteiger partial charge in [0.15, 0.2) is 0 Å². The average Bonchev–Trinajstić information content (AvgIpc) is 2.71. The molecule has 1 aliphatic carbocycles. The van der Waals surface area contributed by atoms with Crippen LogP contribution in [0, 0.1) is 6.92 Å². The zero-order chi connectivity index (χ0) is 13.5. The zero-order valence-electron chi connectivity index (χ0n) is 10.8. The van der Waals surface area contributed by atoms with Crippen molar-refractivity contribution in [3.8, 4) is 5.75 Å². The number of aromatic nitrogens is 2. The summed E-state index contributed by atoms with van der Waals surface area (Å²) in [6.07, 6.45) is 2.33. The number of pyridine rings is 1. The molecule has 0 bridgehead atoms. The maximum absolute atomic E-state index is 13.1. The largest absolute Gasteiger partial charge is 0.489 e. The second-order valence-electron chi connectivity index (χ2n) is 5.19. The van der Waals surface area contributed by atoms with Crippen LogP contribution in [0.15, 0.2) is 24.4 Å². The normalized spacial score (nSPS) is 19.7. The molecule has 5 heteroatoms. The quantitative estimate of drug-likeness (QED) is 0.830. The minimum Gasteiger partial charge on any atom is -0.489 e. The molecule has 1 fully saturated rings. The third-order valence-corrected chi connectivity index (χ3v) is 3.52. The predicted octanol–water partition coefficient (Wildman–Crippen LogP) is 3.60. The molecule has 102 valence electrons. The van der Waals surface area contributed by atoms with Gasteiger partial charge in [0.2, 0.25) is 5.92 Å². The summed E-state index contributed by atoms with van der Waals surface area (Å²) in [5, 5.41) is 4.31. The van der Waals surface area contributed by atoms with Gasteiger partial charge in [0.1, 0.15) is 5.75 Å². The molecule has 0 radical (unpaired) electrons. The average molecular weight is 266 g/mol. The minimum atomic E-state index is -2.51. The Morgan fingerprint density at radius 3 is 2.79 bits per heavy atom. The van der Waals surface area contributed by atoms with Gasteiger partial charge in [0.05, 0.1) is 23.5 Å². The summed E-state index contributed by atoms with van der Waals surface area (Å²) >= 11 is 0. The first-order valence-electron chi connectivity index (χ1n) is 6.52. The fourth-order valence-electron chi connectivity index (χ4n) is 2.49. The summed E-state index contributed by atoms with van der Waals surface area (Å²) < 4.78 is 33.6. The molecule has 0 saturated heterocycles. The molecule has 0 N–H and O–H groups in total. The van der Waals surface area contributed by atoms with Crippen LogP contribution in [0.1, 0.15) is 31.4 Å². The van der Waals surface area contributed by atoms with Gasteiger partial charge in [0.25, 0.3) is 0 Å². The maximum Gasteiger partial charge on any atom is 0.248 e. The van der Waals surface area contributed by atoms with Crippen LogP contribution in [0.3, 0.4) is 0 Å². The Morgan fingerprint density at radius 1 is 1.32 bits per heavy atom. The Kier molecular flexibility index (Phi) is 2.92. The predicted molar refractivity (Wildman–Crippen MR) is 67.8 cm³/mol. The van der Waals surface area contributed by atoms with Gasteiger partial charge in [-0.3, -0.25) is 0 Å². The molecule has 3 nitrogen and oxygen atoms in total. The Labute approximate surface area is 110 Å². The van der Waals surface area contributed by atoms with Gasteiger partial charge in [-0.1, -0.05) is 0 Å². The summed E-state index contributed by atoms with van der Waals surface area (Å²) in [5.41, 5.74) is 1.94. The van der Waals surface area contributed by atoms with Crippen molar-refractivity contribution < 1.29 is 13.5 Å². The van der Waals surface area contributed by atoms with E-state index >= 15 is 0 Å². The summed E-state index contributed by atoms with van der Waals surface area (Å²) in [6.45, 7) is 1.93. The molecule has 0 aliphatic heterocycles. The molecule has 0 unspecified atom stereocenters. The Morgan fingerprint density at radius 2 is 2.05 bits per heavy atom. The first kappa shape index (κ1) is 12.4. The van der Waals surface area contributed by atoms with E-state index in [-0.39, 0.29) is 18.9 Å². The van der Waals surface area contributed by atoms with Crippen LogP contribution in [0.25, 0.3) is 5.52 Å². The molecule has 0 amide bonds. The molecule has 3 rings (SSSR count). The van der Waals surface area contributed by atoms with Crippen molar-refractivity contribution in [3.05, 3.63) is 30.1 Å². The summed E-state index contributed by atoms with van der Waals surface area (Å²) in [6, 6.07) is 5.76. The number of hydrogen-bond acceptors (Lipinski definition) is 2. The van der Waals surface area contributed by atoms with Crippen LogP contribution in [-0.2, 0) is 0 Å². The molecule has 1 saturated carbocycles. The van der Waals surface area contributed by atoms with Gasteiger partial charge in [-0.15, -0.1) is 0 Å². The summed E-state index contributed by atoms with van der Waals surface area (Å²) in [5.74, 6) is -1.83. The van der Waals surface area contributed by atoms with Crippen LogP contribution >= 0.6 is 0 Å². The van der Waals surface area contributed by atoms with Gasteiger partial charge >= 0.3 is 0 Å². The molecule has 1 aliphatic rings. The van der Waals surface area contributed by atoms with E-state index in [0.717, 1.165) is 11.2 Å². The Bertz CT molecular complexity index is 584. The smallest absolute Gasteiger partial charge is 0.248 e. The van der Waals surface area contributed by atoms with Crippen molar-refractivity contribution >= 4 is 5.52 Å². The molecule has 2 aromatic heterocycles. The van der Waals surface area contributed by atoms with Gasteiger partial charge in [0, 0.05) is 12.8 Å². The fourth-order valence-corrected chi connectivity index (χ4v) is 2.49. The van der Waals surface area contributed by atoms with E-state index in [2.05, 4.69) is 5.10 Å². The topological polar surface area (TPSA) is 26.5 Å². The number of rotatable bonds is 2. The molecule has 0 spiro atoms. The van der Waals surface area contributed by atoms with E-state index in [9.17, 15) is 8.78 Å². The molecule has 0 aromatic carbocycles. The summed E-state index contributed by atoms with van der Waals surface area (Å²) in [4.78, 5) is 0. The second kappa shape index (κ2) is 4.47. The molecule has 2 aromatic rings. The highest BCUT2D eigenvalue weighted by molar-refractivity contribution is 5.49. The summed E-state index contributed by atoms with van der Waals surface area (Å²) in [7, 11) is 0. The Balaban J connectivity index is 1.71. The lowest BCUT2D eigenvalue weighted by Gasteiger charge is -2.28. The number of fused-ring (bicyclic) bond motifs is 1. The highest BCUT2D eigenvalue weighted by Gasteiger charge is 2.35. The molecular formula is C14H16F2N2O. The third-order valence-electron chi connectivity index (χ3n) is 3.52. The Hall–Kier alpha value is -1.65. The van der Waals surface area contributed by atoms with Crippen LogP contribution in [0.2, 0.25) is 0 Å². The van der Waals surface area contributed by atoms with Gasteiger partial charge < -0.3 is 4.74 Å². The SMILES string of the molecule is Cc1cc2ccc(OC3CCC(F)(F)CC3)cn2n1. The van der Waals surface area contributed by atoms with Crippen molar-refractivity contribution in [2.24, 2.45) is 0 Å². The first-order chi connectivity index (χ1) is 9.02. The van der Waals surface area contributed by atoms with Crippen LogP contribution < -0.4 is 4.74 Å². The lowest BCUT2D eigenvalue weighted by molar-refractivity contribution is -0.0582. The molecular weight excluding hydrogens is 250 g/mol. The van der Waals surface area contributed by atoms with Gasteiger partial charge in [-0.2, -0.15) is 5.10 Å².